The number of nitrogens with one attached hydrogen (secondary N) is 1. The molecule has 102 valence electrons. The number of aromatic amines is 1. The number of hydrogen-bond acceptors (Lipinski definition) is 5. The van der Waals surface area contributed by atoms with Crippen molar-refractivity contribution in [3.8, 4) is 0 Å². The molecule has 0 saturated carbocycles. The summed E-state index contributed by atoms with van der Waals surface area (Å²) in [6.45, 7) is 3.73. The van der Waals surface area contributed by atoms with Crippen molar-refractivity contribution in [1.82, 2.24) is 19.7 Å². The van der Waals surface area contributed by atoms with Crippen LogP contribution < -0.4 is 11.3 Å². The molecule has 2 aromatic heterocycles. The predicted octanol–water partition coefficient (Wildman–Crippen LogP) is 0.992. The highest BCUT2D eigenvalue weighted by Gasteiger charge is 2.20. The van der Waals surface area contributed by atoms with Gasteiger partial charge in [-0.2, -0.15) is 5.10 Å². The maximum Gasteiger partial charge on any atom is 0.251 e. The van der Waals surface area contributed by atoms with Crippen molar-refractivity contribution < 1.29 is 0 Å². The molecule has 2 heterocycles. The average Bonchev–Trinajstić information content (AvgIpc) is 2.70. The van der Waals surface area contributed by atoms with Gasteiger partial charge in [0.1, 0.15) is 0 Å². The van der Waals surface area contributed by atoms with E-state index in [0.717, 1.165) is 5.56 Å². The van der Waals surface area contributed by atoms with Crippen LogP contribution in [-0.4, -0.2) is 25.8 Å². The first-order valence-corrected chi connectivity index (χ1v) is 6.82. The van der Waals surface area contributed by atoms with E-state index in [0.29, 0.717) is 10.9 Å². The van der Waals surface area contributed by atoms with E-state index < -0.39 is 0 Å². The van der Waals surface area contributed by atoms with Crippen molar-refractivity contribution in [2.75, 3.05) is 0 Å². The van der Waals surface area contributed by atoms with Gasteiger partial charge in [0.25, 0.3) is 5.56 Å². The van der Waals surface area contributed by atoms with Gasteiger partial charge in [-0.05, 0) is 13.8 Å². The van der Waals surface area contributed by atoms with E-state index in [9.17, 15) is 4.79 Å². The lowest BCUT2D eigenvalue weighted by atomic mass is 10.1. The first-order chi connectivity index (χ1) is 8.95. The molecule has 2 atom stereocenters. The summed E-state index contributed by atoms with van der Waals surface area (Å²) in [6, 6.07) is 1.38. The Morgan fingerprint density at radius 3 is 2.79 bits per heavy atom. The standard InChI is InChI=1S/C12H17N5OS/c1-7-4-10(18)16-12(15-7)19-11(8(2)13)9-5-14-17(3)6-9/h4-6,8,11H,13H2,1-3H3,(H,15,16,18). The van der Waals surface area contributed by atoms with Crippen LogP contribution in [0.25, 0.3) is 0 Å². The second kappa shape index (κ2) is 5.58. The Kier molecular flexibility index (Phi) is 4.06. The number of nitrogens with two attached hydrogens (primary N) is 1. The van der Waals surface area contributed by atoms with Crippen LogP contribution in [0.3, 0.4) is 0 Å². The van der Waals surface area contributed by atoms with Gasteiger partial charge >= 0.3 is 0 Å². The van der Waals surface area contributed by atoms with Crippen LogP contribution in [0.2, 0.25) is 0 Å². The Morgan fingerprint density at radius 1 is 1.53 bits per heavy atom. The van der Waals surface area contributed by atoms with Gasteiger partial charge in [0, 0.05) is 36.6 Å². The van der Waals surface area contributed by atoms with Crippen LogP contribution in [-0.2, 0) is 7.05 Å². The molecule has 0 aliphatic rings. The molecule has 0 fully saturated rings. The molecular formula is C12H17N5OS. The summed E-state index contributed by atoms with van der Waals surface area (Å²) in [5.74, 6) is 0. The van der Waals surface area contributed by atoms with Gasteiger partial charge < -0.3 is 10.7 Å². The van der Waals surface area contributed by atoms with Crippen molar-refractivity contribution in [2.24, 2.45) is 12.8 Å². The molecular weight excluding hydrogens is 262 g/mol. The Hall–Kier alpha value is -1.60. The molecule has 19 heavy (non-hydrogen) atoms. The third-order valence-corrected chi connectivity index (χ3v) is 3.99. The van der Waals surface area contributed by atoms with Crippen LogP contribution in [0.5, 0.6) is 0 Å². The summed E-state index contributed by atoms with van der Waals surface area (Å²) >= 11 is 1.45. The number of rotatable bonds is 4. The molecule has 0 spiro atoms. The van der Waals surface area contributed by atoms with Crippen molar-refractivity contribution in [3.05, 3.63) is 40.1 Å². The molecule has 2 unspecified atom stereocenters. The molecule has 0 radical (unpaired) electrons. The fourth-order valence-corrected chi connectivity index (χ4v) is 2.86. The van der Waals surface area contributed by atoms with E-state index in [1.54, 1.807) is 17.8 Å². The van der Waals surface area contributed by atoms with Crippen molar-refractivity contribution in [2.45, 2.75) is 30.3 Å². The Labute approximate surface area is 115 Å². The van der Waals surface area contributed by atoms with Crippen LogP contribution in [0, 0.1) is 6.92 Å². The maximum atomic E-state index is 11.4. The first-order valence-electron chi connectivity index (χ1n) is 5.94. The monoisotopic (exact) mass is 279 g/mol. The smallest absolute Gasteiger partial charge is 0.251 e. The molecule has 0 amide bonds. The topological polar surface area (TPSA) is 89.6 Å². The predicted molar refractivity (Wildman–Crippen MR) is 75.1 cm³/mol. The van der Waals surface area contributed by atoms with E-state index >= 15 is 0 Å². The number of aromatic nitrogens is 4. The third kappa shape index (κ3) is 3.45. The van der Waals surface area contributed by atoms with Crippen molar-refractivity contribution in [1.29, 1.82) is 0 Å². The lowest BCUT2D eigenvalue weighted by Crippen LogP contribution is -2.23. The molecule has 7 heteroatoms. The highest BCUT2D eigenvalue weighted by molar-refractivity contribution is 7.99. The fourth-order valence-electron chi connectivity index (χ4n) is 1.79. The quantitative estimate of drug-likeness (QED) is 0.643. The summed E-state index contributed by atoms with van der Waals surface area (Å²) < 4.78 is 1.73. The van der Waals surface area contributed by atoms with Gasteiger partial charge in [0.05, 0.1) is 11.4 Å². The maximum absolute atomic E-state index is 11.4. The SMILES string of the molecule is Cc1cc(=O)[nH]c(SC(c2cnn(C)c2)C(C)N)n1. The molecule has 0 aliphatic heterocycles. The number of thioether (sulfide) groups is 1. The summed E-state index contributed by atoms with van der Waals surface area (Å²) in [5.41, 5.74) is 7.59. The molecule has 3 N–H and O–H groups in total. The summed E-state index contributed by atoms with van der Waals surface area (Å²) in [5, 5.41) is 4.73. The zero-order valence-corrected chi connectivity index (χ0v) is 11.9. The highest BCUT2D eigenvalue weighted by atomic mass is 32.2. The minimum atomic E-state index is -0.149. The zero-order valence-electron chi connectivity index (χ0n) is 11.1. The molecule has 0 bridgehead atoms. The van der Waals surface area contributed by atoms with Gasteiger partial charge in [0.2, 0.25) is 0 Å². The fraction of sp³-hybridized carbons (Fsp3) is 0.417. The average molecular weight is 279 g/mol. The lowest BCUT2D eigenvalue weighted by molar-refractivity contribution is 0.714. The van der Waals surface area contributed by atoms with Gasteiger partial charge in [0.15, 0.2) is 5.16 Å². The first kappa shape index (κ1) is 13.8. The minimum Gasteiger partial charge on any atom is -0.327 e. The van der Waals surface area contributed by atoms with Gasteiger partial charge in [-0.1, -0.05) is 11.8 Å². The van der Waals surface area contributed by atoms with E-state index in [-0.39, 0.29) is 16.9 Å². The zero-order chi connectivity index (χ0) is 14.0. The van der Waals surface area contributed by atoms with Crippen molar-refractivity contribution in [3.63, 3.8) is 0 Å². The third-order valence-electron chi connectivity index (χ3n) is 2.62. The highest BCUT2D eigenvalue weighted by Crippen LogP contribution is 2.34. The largest absolute Gasteiger partial charge is 0.327 e. The number of H-pyrrole nitrogens is 1. The molecule has 6 nitrogen and oxygen atoms in total. The van der Waals surface area contributed by atoms with Gasteiger partial charge in [-0.25, -0.2) is 4.98 Å². The molecule has 0 aliphatic carbocycles. The molecule has 2 aromatic rings. The second-order valence-electron chi connectivity index (χ2n) is 4.54. The minimum absolute atomic E-state index is 0.00125. The van der Waals surface area contributed by atoms with Gasteiger partial charge in [-0.15, -0.1) is 0 Å². The van der Waals surface area contributed by atoms with Crippen LogP contribution in [0.15, 0.2) is 28.4 Å². The molecule has 0 saturated heterocycles. The molecule has 0 aromatic carbocycles. The normalized spacial score (nSPS) is 14.3. The van der Waals surface area contributed by atoms with Crippen LogP contribution >= 0.6 is 11.8 Å². The number of nitrogens with zero attached hydrogens (tertiary/aromatic N) is 3. The number of hydrogen-bond donors (Lipinski definition) is 2. The molecule has 2 rings (SSSR count). The Bertz CT molecular complexity index is 619. The van der Waals surface area contributed by atoms with E-state index in [1.165, 1.54) is 17.8 Å². The van der Waals surface area contributed by atoms with Crippen LogP contribution in [0.4, 0.5) is 0 Å². The van der Waals surface area contributed by atoms with Crippen LogP contribution in [0.1, 0.15) is 23.4 Å². The van der Waals surface area contributed by atoms with E-state index in [2.05, 4.69) is 15.1 Å². The lowest BCUT2D eigenvalue weighted by Gasteiger charge is -2.18. The second-order valence-corrected chi connectivity index (χ2v) is 5.67. The Morgan fingerprint density at radius 2 is 2.26 bits per heavy atom. The summed E-state index contributed by atoms with van der Waals surface area (Å²) in [7, 11) is 1.86. The van der Waals surface area contributed by atoms with Gasteiger partial charge in [-0.3, -0.25) is 9.48 Å². The van der Waals surface area contributed by atoms with Crippen molar-refractivity contribution >= 4 is 11.8 Å². The summed E-state index contributed by atoms with van der Waals surface area (Å²) in [4.78, 5) is 18.5. The van der Waals surface area contributed by atoms with E-state index in [4.69, 9.17) is 5.73 Å². The Balaban J connectivity index is 2.28. The number of aryl methyl sites for hydroxylation is 2. The summed E-state index contributed by atoms with van der Waals surface area (Å²) in [6.07, 6.45) is 3.71. The van der Waals surface area contributed by atoms with E-state index in [1.807, 2.05) is 20.2 Å².